The summed E-state index contributed by atoms with van der Waals surface area (Å²) in [6.45, 7) is 6.10. The van der Waals surface area contributed by atoms with Crippen LogP contribution in [0.4, 0.5) is 0 Å². The highest BCUT2D eigenvalue weighted by Gasteiger charge is 2.13. The zero-order valence-corrected chi connectivity index (χ0v) is 20.2. The predicted molar refractivity (Wildman–Crippen MR) is 135 cm³/mol. The van der Waals surface area contributed by atoms with Gasteiger partial charge in [-0.25, -0.2) is 9.97 Å². The monoisotopic (exact) mass is 444 g/mol. The number of unbranched alkanes of at least 4 members (excludes halogenated alkanes) is 5. The Bertz CT molecular complexity index is 980. The van der Waals surface area contributed by atoms with Gasteiger partial charge in [0.05, 0.1) is 5.92 Å². The molecule has 0 saturated heterocycles. The molecule has 174 valence electrons. The van der Waals surface area contributed by atoms with E-state index in [1.165, 1.54) is 44.1 Å². The van der Waals surface area contributed by atoms with Crippen molar-refractivity contribution in [3.63, 3.8) is 0 Å². The van der Waals surface area contributed by atoms with Crippen LogP contribution in [0.25, 0.3) is 22.5 Å². The number of carbonyl (C=O) groups is 1. The average molecular weight is 445 g/mol. The van der Waals surface area contributed by atoms with Crippen LogP contribution in [0.3, 0.4) is 0 Å². The van der Waals surface area contributed by atoms with Gasteiger partial charge in [-0.1, -0.05) is 89.3 Å². The van der Waals surface area contributed by atoms with Gasteiger partial charge in [0.1, 0.15) is 5.75 Å². The van der Waals surface area contributed by atoms with E-state index in [0.717, 1.165) is 35.4 Å². The first-order valence-electron chi connectivity index (χ1n) is 12.3. The Morgan fingerprint density at radius 2 is 1.39 bits per heavy atom. The van der Waals surface area contributed by atoms with Crippen LogP contribution >= 0.6 is 0 Å². The fourth-order valence-corrected chi connectivity index (χ4v) is 3.65. The molecule has 0 amide bonds. The van der Waals surface area contributed by atoms with E-state index in [-0.39, 0.29) is 11.9 Å². The van der Waals surface area contributed by atoms with E-state index >= 15 is 0 Å². The van der Waals surface area contributed by atoms with Crippen LogP contribution in [0.1, 0.15) is 71.3 Å². The minimum Gasteiger partial charge on any atom is -0.426 e. The third-order valence-corrected chi connectivity index (χ3v) is 6.10. The molecule has 0 aliphatic rings. The molecular formula is C29H36N2O2. The smallest absolute Gasteiger partial charge is 0.314 e. The van der Waals surface area contributed by atoms with Crippen molar-refractivity contribution in [2.45, 2.75) is 72.1 Å². The van der Waals surface area contributed by atoms with Crippen LogP contribution in [-0.4, -0.2) is 15.9 Å². The van der Waals surface area contributed by atoms with Gasteiger partial charge in [0, 0.05) is 23.5 Å². The first-order chi connectivity index (χ1) is 16.1. The van der Waals surface area contributed by atoms with Crippen molar-refractivity contribution in [1.29, 1.82) is 0 Å². The van der Waals surface area contributed by atoms with Gasteiger partial charge in [-0.15, -0.1) is 0 Å². The molecule has 1 heterocycles. The summed E-state index contributed by atoms with van der Waals surface area (Å²) in [6.07, 6.45) is 13.5. The topological polar surface area (TPSA) is 52.1 Å². The number of rotatable bonds is 12. The standard InChI is InChI=1S/C29H36N2O2/c1-4-6-7-8-9-10-11-23-12-14-25(15-13-23)28-30-20-26(21-31-28)24-16-18-27(19-17-24)33-29(32)22(3)5-2/h12-22H,4-11H2,1-3H3. The Labute approximate surface area is 198 Å². The van der Waals surface area contributed by atoms with Gasteiger partial charge in [-0.3, -0.25) is 4.79 Å². The number of carbonyl (C=O) groups excluding carboxylic acids is 1. The summed E-state index contributed by atoms with van der Waals surface area (Å²) in [4.78, 5) is 21.1. The highest BCUT2D eigenvalue weighted by atomic mass is 16.5. The van der Waals surface area contributed by atoms with Crippen LogP contribution < -0.4 is 4.74 Å². The number of nitrogens with zero attached hydrogens (tertiary/aromatic N) is 2. The number of aryl methyl sites for hydroxylation is 1. The maximum atomic E-state index is 11.9. The van der Waals surface area contributed by atoms with E-state index < -0.39 is 0 Å². The number of hydrogen-bond donors (Lipinski definition) is 0. The molecule has 0 N–H and O–H groups in total. The lowest BCUT2D eigenvalue weighted by Gasteiger charge is -2.09. The molecule has 1 aromatic heterocycles. The van der Waals surface area contributed by atoms with E-state index in [0.29, 0.717) is 5.75 Å². The number of benzene rings is 2. The predicted octanol–water partition coefficient (Wildman–Crippen LogP) is 7.67. The van der Waals surface area contributed by atoms with Crippen molar-refractivity contribution in [1.82, 2.24) is 9.97 Å². The quantitative estimate of drug-likeness (QED) is 0.163. The van der Waals surface area contributed by atoms with Crippen molar-refractivity contribution in [2.24, 2.45) is 5.92 Å². The van der Waals surface area contributed by atoms with Crippen molar-refractivity contribution < 1.29 is 9.53 Å². The van der Waals surface area contributed by atoms with Crippen LogP contribution in [0.15, 0.2) is 60.9 Å². The molecular weight excluding hydrogens is 408 g/mol. The first-order valence-corrected chi connectivity index (χ1v) is 12.3. The van der Waals surface area contributed by atoms with E-state index in [9.17, 15) is 4.79 Å². The van der Waals surface area contributed by atoms with Gasteiger partial charge in [-0.05, 0) is 42.5 Å². The second kappa shape index (κ2) is 12.9. The lowest BCUT2D eigenvalue weighted by atomic mass is 10.0. The molecule has 4 heteroatoms. The van der Waals surface area contributed by atoms with Crippen molar-refractivity contribution >= 4 is 5.97 Å². The van der Waals surface area contributed by atoms with Gasteiger partial charge in [0.15, 0.2) is 5.82 Å². The summed E-state index contributed by atoms with van der Waals surface area (Å²) < 4.78 is 5.42. The zero-order valence-electron chi connectivity index (χ0n) is 20.2. The molecule has 0 aliphatic heterocycles. The molecule has 0 aliphatic carbocycles. The molecule has 0 radical (unpaired) electrons. The van der Waals surface area contributed by atoms with Gasteiger partial charge in [0.25, 0.3) is 0 Å². The summed E-state index contributed by atoms with van der Waals surface area (Å²) in [5, 5.41) is 0. The molecule has 2 aromatic carbocycles. The van der Waals surface area contributed by atoms with Gasteiger partial charge < -0.3 is 4.74 Å². The Morgan fingerprint density at radius 3 is 2.03 bits per heavy atom. The largest absolute Gasteiger partial charge is 0.426 e. The highest BCUT2D eigenvalue weighted by Crippen LogP contribution is 2.24. The first kappa shape index (κ1) is 24.6. The van der Waals surface area contributed by atoms with E-state index in [1.54, 1.807) is 0 Å². The summed E-state index contributed by atoms with van der Waals surface area (Å²) in [6, 6.07) is 16.1. The summed E-state index contributed by atoms with van der Waals surface area (Å²) in [7, 11) is 0. The molecule has 0 spiro atoms. The van der Waals surface area contributed by atoms with Crippen molar-refractivity contribution in [2.75, 3.05) is 0 Å². The fraction of sp³-hybridized carbons (Fsp3) is 0.414. The minimum absolute atomic E-state index is 0.102. The molecule has 3 aromatic rings. The van der Waals surface area contributed by atoms with E-state index in [2.05, 4.69) is 41.2 Å². The number of esters is 1. The molecule has 0 fully saturated rings. The SMILES string of the molecule is CCCCCCCCc1ccc(-c2ncc(-c3ccc(OC(=O)C(C)CC)cc3)cn2)cc1. The normalized spacial score (nSPS) is 11.8. The molecule has 1 unspecified atom stereocenters. The molecule has 1 atom stereocenters. The summed E-state index contributed by atoms with van der Waals surface area (Å²) >= 11 is 0. The third-order valence-electron chi connectivity index (χ3n) is 6.10. The maximum Gasteiger partial charge on any atom is 0.314 e. The molecule has 3 rings (SSSR count). The Kier molecular flexibility index (Phi) is 9.61. The lowest BCUT2D eigenvalue weighted by Crippen LogP contribution is -2.16. The molecule has 4 nitrogen and oxygen atoms in total. The molecule has 33 heavy (non-hydrogen) atoms. The van der Waals surface area contributed by atoms with Crippen LogP contribution in [-0.2, 0) is 11.2 Å². The Hall–Kier alpha value is -3.01. The van der Waals surface area contributed by atoms with Crippen LogP contribution in [0.2, 0.25) is 0 Å². The Balaban J connectivity index is 1.55. The van der Waals surface area contributed by atoms with Gasteiger partial charge in [0.2, 0.25) is 0 Å². The average Bonchev–Trinajstić information content (AvgIpc) is 2.86. The van der Waals surface area contributed by atoms with E-state index in [4.69, 9.17) is 4.74 Å². The van der Waals surface area contributed by atoms with Gasteiger partial charge >= 0.3 is 5.97 Å². The maximum absolute atomic E-state index is 11.9. The minimum atomic E-state index is -0.198. The summed E-state index contributed by atoms with van der Waals surface area (Å²) in [5.74, 6) is 0.984. The molecule has 0 saturated carbocycles. The van der Waals surface area contributed by atoms with Crippen LogP contribution in [0.5, 0.6) is 5.75 Å². The lowest BCUT2D eigenvalue weighted by molar-refractivity contribution is -0.138. The van der Waals surface area contributed by atoms with Crippen LogP contribution in [0, 0.1) is 5.92 Å². The van der Waals surface area contributed by atoms with Gasteiger partial charge in [-0.2, -0.15) is 0 Å². The summed E-state index contributed by atoms with van der Waals surface area (Å²) in [5.41, 5.74) is 4.32. The van der Waals surface area contributed by atoms with Crippen molar-refractivity contribution in [3.05, 3.63) is 66.5 Å². The highest BCUT2D eigenvalue weighted by molar-refractivity contribution is 5.75. The Morgan fingerprint density at radius 1 is 0.788 bits per heavy atom. The second-order valence-electron chi connectivity index (χ2n) is 8.76. The zero-order chi connectivity index (χ0) is 23.5. The number of ether oxygens (including phenoxy) is 1. The fourth-order valence-electron chi connectivity index (χ4n) is 3.65. The second-order valence-corrected chi connectivity index (χ2v) is 8.76. The third kappa shape index (κ3) is 7.52. The van der Waals surface area contributed by atoms with Crippen molar-refractivity contribution in [3.8, 4) is 28.3 Å². The number of aromatic nitrogens is 2. The van der Waals surface area contributed by atoms with E-state index in [1.807, 2.05) is 50.5 Å². The number of hydrogen-bond acceptors (Lipinski definition) is 4. The molecule has 0 bridgehead atoms.